The fourth-order valence-electron chi connectivity index (χ4n) is 2.94. The van der Waals surface area contributed by atoms with Gasteiger partial charge in [-0.2, -0.15) is 0 Å². The fraction of sp³-hybridized carbons (Fsp3) is 0.688. The lowest BCUT2D eigenvalue weighted by atomic mass is 9.87. The number of fused-ring (bicyclic) bond motifs is 1. The van der Waals surface area contributed by atoms with Gasteiger partial charge < -0.3 is 9.47 Å². The van der Waals surface area contributed by atoms with Gasteiger partial charge in [-0.25, -0.2) is 0 Å². The Kier molecular flexibility index (Phi) is 3.14. The summed E-state index contributed by atoms with van der Waals surface area (Å²) in [5, 5.41) is 0. The van der Waals surface area contributed by atoms with Crippen molar-refractivity contribution < 1.29 is 9.47 Å². The minimum absolute atomic E-state index is 0.159. The SMILES string of the molecule is CC(C)(C)c1cnc2c(c1)CCC1(CC2)OCCO1. The Balaban J connectivity index is 1.86. The summed E-state index contributed by atoms with van der Waals surface area (Å²) >= 11 is 0. The van der Waals surface area contributed by atoms with Crippen LogP contribution in [0.3, 0.4) is 0 Å². The number of pyridine rings is 1. The smallest absolute Gasteiger partial charge is 0.169 e. The predicted octanol–water partition coefficient (Wildman–Crippen LogP) is 3.00. The molecule has 1 spiro atoms. The molecule has 2 heterocycles. The summed E-state index contributed by atoms with van der Waals surface area (Å²) in [4.78, 5) is 4.69. The number of hydrogen-bond donors (Lipinski definition) is 0. The van der Waals surface area contributed by atoms with Gasteiger partial charge in [0.05, 0.1) is 13.2 Å². The van der Waals surface area contributed by atoms with Crippen LogP contribution in [-0.4, -0.2) is 24.0 Å². The third kappa shape index (κ3) is 2.54. The number of hydrogen-bond acceptors (Lipinski definition) is 3. The number of ether oxygens (including phenoxy) is 2. The summed E-state index contributed by atoms with van der Waals surface area (Å²) in [5.41, 5.74) is 4.08. The van der Waals surface area contributed by atoms with Gasteiger partial charge in [-0.05, 0) is 29.4 Å². The van der Waals surface area contributed by atoms with Crippen molar-refractivity contribution in [1.29, 1.82) is 0 Å². The second-order valence-electron chi connectivity index (χ2n) is 6.69. The van der Waals surface area contributed by atoms with Gasteiger partial charge in [-0.3, -0.25) is 4.98 Å². The van der Waals surface area contributed by atoms with Gasteiger partial charge in [0.2, 0.25) is 0 Å². The molecular weight excluding hydrogens is 238 g/mol. The van der Waals surface area contributed by atoms with E-state index in [1.54, 1.807) is 0 Å². The van der Waals surface area contributed by atoms with E-state index in [1.807, 2.05) is 6.20 Å². The molecule has 19 heavy (non-hydrogen) atoms. The second-order valence-corrected chi connectivity index (χ2v) is 6.69. The molecule has 0 amide bonds. The van der Waals surface area contributed by atoms with Crippen LogP contribution in [0.5, 0.6) is 0 Å². The van der Waals surface area contributed by atoms with Crippen molar-refractivity contribution in [2.24, 2.45) is 0 Å². The average Bonchev–Trinajstić information content (AvgIpc) is 2.74. The van der Waals surface area contributed by atoms with Crippen molar-refractivity contribution >= 4 is 0 Å². The van der Waals surface area contributed by atoms with E-state index < -0.39 is 0 Å². The third-order valence-corrected chi connectivity index (χ3v) is 4.26. The first-order valence-electron chi connectivity index (χ1n) is 7.25. The van der Waals surface area contributed by atoms with Gasteiger partial charge >= 0.3 is 0 Å². The molecule has 0 N–H and O–H groups in total. The molecule has 2 aliphatic rings. The molecular formula is C16H23NO2. The second kappa shape index (κ2) is 4.57. The first-order chi connectivity index (χ1) is 8.99. The van der Waals surface area contributed by atoms with Gasteiger partial charge in [-0.1, -0.05) is 26.8 Å². The highest BCUT2D eigenvalue weighted by atomic mass is 16.7. The number of aromatic nitrogens is 1. The molecule has 1 saturated heterocycles. The van der Waals surface area contributed by atoms with Crippen molar-refractivity contribution in [2.45, 2.75) is 57.7 Å². The first-order valence-corrected chi connectivity index (χ1v) is 7.25. The molecule has 3 nitrogen and oxygen atoms in total. The molecule has 0 unspecified atom stereocenters. The largest absolute Gasteiger partial charge is 0.348 e. The summed E-state index contributed by atoms with van der Waals surface area (Å²) in [7, 11) is 0. The molecule has 1 aromatic rings. The Bertz CT molecular complexity index is 470. The van der Waals surface area contributed by atoms with Crippen LogP contribution in [0.4, 0.5) is 0 Å². The van der Waals surface area contributed by atoms with Crippen molar-refractivity contribution in [1.82, 2.24) is 4.98 Å². The topological polar surface area (TPSA) is 31.4 Å². The Labute approximate surface area is 115 Å². The van der Waals surface area contributed by atoms with Crippen LogP contribution < -0.4 is 0 Å². The molecule has 3 heteroatoms. The number of nitrogens with zero attached hydrogens (tertiary/aromatic N) is 1. The Morgan fingerprint density at radius 3 is 2.47 bits per heavy atom. The highest BCUT2D eigenvalue weighted by molar-refractivity contribution is 5.30. The van der Waals surface area contributed by atoms with Crippen LogP contribution in [0.1, 0.15) is 50.4 Å². The maximum atomic E-state index is 5.84. The zero-order valence-corrected chi connectivity index (χ0v) is 12.2. The van der Waals surface area contributed by atoms with E-state index in [1.165, 1.54) is 16.8 Å². The van der Waals surface area contributed by atoms with Crippen LogP contribution in [-0.2, 0) is 27.7 Å². The third-order valence-electron chi connectivity index (χ3n) is 4.26. The molecule has 1 fully saturated rings. The predicted molar refractivity (Wildman–Crippen MR) is 74.2 cm³/mol. The van der Waals surface area contributed by atoms with Gasteiger partial charge in [0.1, 0.15) is 0 Å². The lowest BCUT2D eigenvalue weighted by Crippen LogP contribution is -2.30. The molecule has 0 radical (unpaired) electrons. The average molecular weight is 261 g/mol. The molecule has 0 aromatic carbocycles. The summed E-state index contributed by atoms with van der Waals surface area (Å²) in [6.07, 6.45) is 5.89. The number of aryl methyl sites for hydroxylation is 2. The normalized spacial score (nSPS) is 22.3. The van der Waals surface area contributed by atoms with Crippen molar-refractivity contribution in [3.05, 3.63) is 29.1 Å². The van der Waals surface area contributed by atoms with E-state index in [4.69, 9.17) is 9.47 Å². The van der Waals surface area contributed by atoms with E-state index in [2.05, 4.69) is 31.8 Å². The highest BCUT2D eigenvalue weighted by Crippen LogP contribution is 2.35. The lowest BCUT2D eigenvalue weighted by molar-refractivity contribution is -0.164. The molecule has 104 valence electrons. The van der Waals surface area contributed by atoms with Crippen molar-refractivity contribution in [3.63, 3.8) is 0 Å². The van der Waals surface area contributed by atoms with Gasteiger partial charge in [0.15, 0.2) is 5.79 Å². The quantitative estimate of drug-likeness (QED) is 0.719. The van der Waals surface area contributed by atoms with Crippen molar-refractivity contribution in [3.8, 4) is 0 Å². The van der Waals surface area contributed by atoms with Gasteiger partial charge in [0, 0.05) is 24.7 Å². The van der Waals surface area contributed by atoms with E-state index >= 15 is 0 Å². The lowest BCUT2D eigenvalue weighted by Gasteiger charge is -2.25. The summed E-state index contributed by atoms with van der Waals surface area (Å²) in [5.74, 6) is -0.331. The molecule has 0 atom stereocenters. The summed E-state index contributed by atoms with van der Waals surface area (Å²) in [6, 6.07) is 2.33. The summed E-state index contributed by atoms with van der Waals surface area (Å²) < 4.78 is 11.7. The van der Waals surface area contributed by atoms with Gasteiger partial charge in [-0.15, -0.1) is 0 Å². The molecule has 1 aromatic heterocycles. The minimum atomic E-state index is -0.331. The molecule has 1 aliphatic carbocycles. The highest BCUT2D eigenvalue weighted by Gasteiger charge is 2.38. The minimum Gasteiger partial charge on any atom is -0.348 e. The van der Waals surface area contributed by atoms with E-state index in [9.17, 15) is 0 Å². The standard InChI is InChI=1S/C16H23NO2/c1-15(2,3)13-10-12-4-6-16(18-8-9-19-16)7-5-14(12)17-11-13/h10-11H,4-9H2,1-3H3. The zero-order valence-electron chi connectivity index (χ0n) is 12.2. The number of rotatable bonds is 0. The van der Waals surface area contributed by atoms with Crippen LogP contribution in [0.25, 0.3) is 0 Å². The molecule has 3 rings (SSSR count). The van der Waals surface area contributed by atoms with E-state index in [0.717, 1.165) is 38.9 Å². The van der Waals surface area contributed by atoms with Crippen LogP contribution in [0, 0.1) is 0 Å². The Morgan fingerprint density at radius 2 is 1.79 bits per heavy atom. The molecule has 1 aliphatic heterocycles. The van der Waals surface area contributed by atoms with E-state index in [-0.39, 0.29) is 11.2 Å². The van der Waals surface area contributed by atoms with Crippen molar-refractivity contribution in [2.75, 3.05) is 13.2 Å². The van der Waals surface area contributed by atoms with Crippen LogP contribution >= 0.6 is 0 Å². The fourth-order valence-corrected chi connectivity index (χ4v) is 2.94. The summed E-state index contributed by atoms with van der Waals surface area (Å²) in [6.45, 7) is 8.17. The van der Waals surface area contributed by atoms with E-state index in [0.29, 0.717) is 0 Å². The zero-order chi connectivity index (χ0) is 13.5. The molecule has 0 saturated carbocycles. The van der Waals surface area contributed by atoms with Crippen LogP contribution in [0.15, 0.2) is 12.3 Å². The molecule has 0 bridgehead atoms. The van der Waals surface area contributed by atoms with Crippen LogP contribution in [0.2, 0.25) is 0 Å². The monoisotopic (exact) mass is 261 g/mol. The maximum absolute atomic E-state index is 5.84. The first kappa shape index (κ1) is 13.1. The Hall–Kier alpha value is -0.930. The van der Waals surface area contributed by atoms with Gasteiger partial charge in [0.25, 0.3) is 0 Å². The Morgan fingerprint density at radius 1 is 1.11 bits per heavy atom. The maximum Gasteiger partial charge on any atom is 0.169 e.